The second kappa shape index (κ2) is 11.5. The van der Waals surface area contributed by atoms with Gasteiger partial charge in [-0.05, 0) is 52.0 Å². The molecule has 1 saturated heterocycles. The number of nitrogens with zero attached hydrogens (tertiary/aromatic N) is 3. The predicted molar refractivity (Wildman–Crippen MR) is 139 cm³/mol. The molecule has 37 heavy (non-hydrogen) atoms. The number of piperidine rings is 1. The lowest BCUT2D eigenvalue weighted by atomic mass is 9.93. The van der Waals surface area contributed by atoms with E-state index >= 15 is 4.39 Å². The molecule has 0 bridgehead atoms. The first kappa shape index (κ1) is 26.9. The molecule has 1 fully saturated rings. The molecule has 0 saturated carbocycles. The van der Waals surface area contributed by atoms with Gasteiger partial charge in [0.15, 0.2) is 5.17 Å². The van der Waals surface area contributed by atoms with Gasteiger partial charge in [-0.2, -0.15) is 0 Å². The summed E-state index contributed by atoms with van der Waals surface area (Å²) >= 11 is 1.33. The summed E-state index contributed by atoms with van der Waals surface area (Å²) in [4.78, 5) is 46.9. The highest BCUT2D eigenvalue weighted by Gasteiger charge is 2.43. The molecule has 1 aromatic carbocycles. The topological polar surface area (TPSA) is 88.5 Å². The van der Waals surface area contributed by atoms with Gasteiger partial charge in [0.05, 0.1) is 42.4 Å². The van der Waals surface area contributed by atoms with Gasteiger partial charge in [-0.15, -0.1) is 0 Å². The van der Waals surface area contributed by atoms with Gasteiger partial charge >= 0.3 is 11.9 Å². The van der Waals surface area contributed by atoms with Crippen LogP contribution in [-0.2, 0) is 23.9 Å². The van der Waals surface area contributed by atoms with Crippen molar-refractivity contribution in [3.63, 3.8) is 0 Å². The van der Waals surface area contributed by atoms with E-state index in [2.05, 4.69) is 4.99 Å². The maximum atomic E-state index is 15.1. The highest BCUT2D eigenvalue weighted by molar-refractivity contribution is 8.16. The minimum atomic E-state index is -0.831. The summed E-state index contributed by atoms with van der Waals surface area (Å²) in [7, 11) is 0. The van der Waals surface area contributed by atoms with Crippen molar-refractivity contribution < 1.29 is 28.2 Å². The molecule has 3 heterocycles. The van der Waals surface area contributed by atoms with Crippen LogP contribution >= 0.6 is 11.8 Å². The van der Waals surface area contributed by atoms with Crippen LogP contribution in [0.4, 0.5) is 4.39 Å². The highest BCUT2D eigenvalue weighted by Crippen LogP contribution is 2.45. The Hall–Kier alpha value is -3.14. The standard InChI is InChI=1S/C27H32FN3O5S/c1-5-35-25(33)18-9-8-12-30(14-18)22(32)13-19-15-37-27-29-17(4)23(26(34)36-16(2)3)24(31(19)27)20-10-6-7-11-21(20)28/h6-7,10-11,15-16,18,24H,5,8-9,12-14H2,1-4H3/t18-,24-/m0/s1. The fourth-order valence-corrected chi connectivity index (χ4v) is 5.79. The van der Waals surface area contributed by atoms with Crippen LogP contribution in [0.25, 0.3) is 0 Å². The van der Waals surface area contributed by atoms with Gasteiger partial charge < -0.3 is 19.3 Å². The molecule has 0 aromatic heterocycles. The maximum absolute atomic E-state index is 15.1. The van der Waals surface area contributed by atoms with E-state index in [0.717, 1.165) is 0 Å². The number of hydrogen-bond donors (Lipinski definition) is 0. The largest absolute Gasteiger partial charge is 0.466 e. The Kier molecular flexibility index (Phi) is 8.36. The molecule has 2 atom stereocenters. The Morgan fingerprint density at radius 1 is 1.24 bits per heavy atom. The molecule has 0 N–H and O–H groups in total. The Morgan fingerprint density at radius 2 is 2.00 bits per heavy atom. The normalized spacial score (nSPS) is 21.5. The number of hydrogen-bond acceptors (Lipinski definition) is 8. The van der Waals surface area contributed by atoms with Crippen LogP contribution in [0.15, 0.2) is 51.6 Å². The first-order valence-electron chi connectivity index (χ1n) is 12.5. The lowest BCUT2D eigenvalue weighted by Gasteiger charge is -2.37. The molecule has 198 valence electrons. The predicted octanol–water partition coefficient (Wildman–Crippen LogP) is 4.54. The average Bonchev–Trinajstić information content (AvgIpc) is 3.25. The number of halogens is 1. The summed E-state index contributed by atoms with van der Waals surface area (Å²) in [5, 5.41) is 2.39. The molecule has 0 aliphatic carbocycles. The van der Waals surface area contributed by atoms with E-state index in [1.165, 1.54) is 17.8 Å². The van der Waals surface area contributed by atoms with E-state index in [-0.39, 0.29) is 35.9 Å². The smallest absolute Gasteiger partial charge is 0.338 e. The van der Waals surface area contributed by atoms with Crippen molar-refractivity contribution in [1.82, 2.24) is 9.80 Å². The SMILES string of the molecule is CCOC(=O)[C@H]1CCCN(C(=O)CC2=CSC3=NC(C)=C(C(=O)OC(C)C)[C@H](c4ccccc4F)N23)C1. The summed E-state index contributed by atoms with van der Waals surface area (Å²) in [6, 6.07) is 5.46. The number of thioether (sulfide) groups is 1. The molecule has 3 aliphatic heterocycles. The highest BCUT2D eigenvalue weighted by atomic mass is 32.2. The van der Waals surface area contributed by atoms with E-state index in [4.69, 9.17) is 9.47 Å². The Bertz CT molecular complexity index is 1180. The number of allylic oxidation sites excluding steroid dienone is 1. The van der Waals surface area contributed by atoms with Crippen molar-refractivity contribution in [3.8, 4) is 0 Å². The molecular weight excluding hydrogens is 497 g/mol. The van der Waals surface area contributed by atoms with Crippen molar-refractivity contribution in [1.29, 1.82) is 0 Å². The molecule has 1 amide bonds. The average molecular weight is 530 g/mol. The molecule has 0 radical (unpaired) electrons. The summed E-state index contributed by atoms with van der Waals surface area (Å²) in [6.07, 6.45) is 1.06. The number of carbonyl (C=O) groups excluding carboxylic acids is 3. The van der Waals surface area contributed by atoms with Gasteiger partial charge in [-0.3, -0.25) is 9.59 Å². The maximum Gasteiger partial charge on any atom is 0.338 e. The number of esters is 2. The quantitative estimate of drug-likeness (QED) is 0.479. The van der Waals surface area contributed by atoms with E-state index in [1.54, 1.807) is 55.7 Å². The first-order chi connectivity index (χ1) is 17.7. The molecule has 0 spiro atoms. The van der Waals surface area contributed by atoms with Crippen molar-refractivity contribution >= 4 is 34.8 Å². The van der Waals surface area contributed by atoms with Gasteiger partial charge in [-0.25, -0.2) is 14.2 Å². The zero-order valence-corrected chi connectivity index (χ0v) is 22.3. The molecule has 3 aliphatic rings. The number of aliphatic imine (C=N–C) groups is 1. The van der Waals surface area contributed by atoms with E-state index < -0.39 is 17.8 Å². The number of benzene rings is 1. The van der Waals surface area contributed by atoms with Crippen LogP contribution in [0.1, 0.15) is 58.6 Å². The first-order valence-corrected chi connectivity index (χ1v) is 13.4. The monoisotopic (exact) mass is 529 g/mol. The number of rotatable bonds is 7. The Morgan fingerprint density at radius 3 is 2.70 bits per heavy atom. The Balaban J connectivity index is 1.62. The van der Waals surface area contributed by atoms with Gasteiger partial charge in [0.1, 0.15) is 5.82 Å². The van der Waals surface area contributed by atoms with Crippen LogP contribution < -0.4 is 0 Å². The second-order valence-corrected chi connectivity index (χ2v) is 10.3. The number of likely N-dealkylation sites (tertiary alicyclic amines) is 1. The van der Waals surface area contributed by atoms with Crippen LogP contribution in [-0.4, -0.2) is 58.6 Å². The lowest BCUT2D eigenvalue weighted by Crippen LogP contribution is -2.44. The number of carbonyl (C=O) groups is 3. The number of ether oxygens (including phenoxy) is 2. The number of amidine groups is 1. The molecule has 4 rings (SSSR count). The zero-order valence-electron chi connectivity index (χ0n) is 21.5. The van der Waals surface area contributed by atoms with Crippen molar-refractivity contribution in [2.75, 3.05) is 19.7 Å². The number of amides is 1. The molecule has 1 aromatic rings. The van der Waals surface area contributed by atoms with Gasteiger partial charge in [0.2, 0.25) is 5.91 Å². The fraction of sp³-hybridized carbons (Fsp3) is 0.481. The number of fused-ring (bicyclic) bond motifs is 1. The molecule has 8 nitrogen and oxygen atoms in total. The van der Waals surface area contributed by atoms with Crippen molar-refractivity contribution in [2.45, 2.75) is 59.1 Å². The van der Waals surface area contributed by atoms with Crippen LogP contribution in [0.5, 0.6) is 0 Å². The van der Waals surface area contributed by atoms with Crippen LogP contribution in [0, 0.1) is 11.7 Å². The van der Waals surface area contributed by atoms with Gasteiger partial charge in [0.25, 0.3) is 0 Å². The van der Waals surface area contributed by atoms with Crippen LogP contribution in [0.3, 0.4) is 0 Å². The Labute approximate surface area is 220 Å². The summed E-state index contributed by atoms with van der Waals surface area (Å²) in [5.74, 6) is -1.81. The minimum absolute atomic E-state index is 0.0259. The van der Waals surface area contributed by atoms with Gasteiger partial charge in [0, 0.05) is 24.4 Å². The molecule has 10 heteroatoms. The summed E-state index contributed by atoms with van der Waals surface area (Å²) < 4.78 is 25.8. The van der Waals surface area contributed by atoms with Gasteiger partial charge in [-0.1, -0.05) is 30.0 Å². The van der Waals surface area contributed by atoms with Crippen molar-refractivity contribution in [3.05, 3.63) is 58.0 Å². The fourth-order valence-electron chi connectivity index (χ4n) is 4.82. The zero-order chi connectivity index (χ0) is 26.7. The molecule has 0 unspecified atom stereocenters. The van der Waals surface area contributed by atoms with Crippen LogP contribution in [0.2, 0.25) is 0 Å². The van der Waals surface area contributed by atoms with E-state index in [0.29, 0.717) is 54.7 Å². The third-order valence-electron chi connectivity index (χ3n) is 6.49. The third-order valence-corrected chi connectivity index (χ3v) is 7.38. The molecular formula is C27H32FN3O5S. The summed E-state index contributed by atoms with van der Waals surface area (Å²) in [6.45, 7) is 8.14. The second-order valence-electron chi connectivity index (χ2n) is 9.48. The minimum Gasteiger partial charge on any atom is -0.466 e. The third kappa shape index (κ3) is 5.74. The van der Waals surface area contributed by atoms with Crippen molar-refractivity contribution in [2.24, 2.45) is 10.9 Å². The van der Waals surface area contributed by atoms with E-state index in [9.17, 15) is 14.4 Å². The van der Waals surface area contributed by atoms with E-state index in [1.807, 2.05) is 5.41 Å². The lowest BCUT2D eigenvalue weighted by molar-refractivity contribution is -0.151. The summed E-state index contributed by atoms with van der Waals surface area (Å²) in [5.41, 5.74) is 1.60.